The number of amides is 1. The summed E-state index contributed by atoms with van der Waals surface area (Å²) in [5.74, 6) is -0.787. The number of halogens is 3. The van der Waals surface area contributed by atoms with Gasteiger partial charge in [0.2, 0.25) is 5.91 Å². The number of nitrogens with zero attached hydrogens (tertiary/aromatic N) is 3. The SMILES string of the molecule is Cc1nn(C)c(C)c1CC(C)C(=O)NCC(N1CCNCC1)C(F)(F)F. The second-order valence-corrected chi connectivity index (χ2v) is 6.97. The first-order valence-corrected chi connectivity index (χ1v) is 8.89. The van der Waals surface area contributed by atoms with Gasteiger partial charge in [-0.25, -0.2) is 0 Å². The molecule has 1 aliphatic rings. The minimum atomic E-state index is -4.37. The van der Waals surface area contributed by atoms with Crippen LogP contribution in [0.25, 0.3) is 0 Å². The van der Waals surface area contributed by atoms with Crippen LogP contribution in [0.4, 0.5) is 13.2 Å². The van der Waals surface area contributed by atoms with Crippen LogP contribution in [0.15, 0.2) is 0 Å². The topological polar surface area (TPSA) is 62.2 Å². The molecule has 9 heteroatoms. The number of piperazine rings is 1. The van der Waals surface area contributed by atoms with Crippen molar-refractivity contribution in [3.05, 3.63) is 17.0 Å². The Labute approximate surface area is 152 Å². The summed E-state index contributed by atoms with van der Waals surface area (Å²) in [7, 11) is 1.83. The molecule has 2 heterocycles. The van der Waals surface area contributed by atoms with Gasteiger partial charge in [0.05, 0.1) is 5.69 Å². The molecule has 0 spiro atoms. The Balaban J connectivity index is 1.96. The number of nitrogens with one attached hydrogen (secondary N) is 2. The summed E-state index contributed by atoms with van der Waals surface area (Å²) in [5, 5.41) is 9.86. The number of hydrogen-bond acceptors (Lipinski definition) is 4. The summed E-state index contributed by atoms with van der Waals surface area (Å²) in [6.45, 7) is 6.80. The third kappa shape index (κ3) is 4.97. The monoisotopic (exact) mass is 375 g/mol. The first kappa shape index (κ1) is 20.7. The second-order valence-electron chi connectivity index (χ2n) is 6.97. The predicted octanol–water partition coefficient (Wildman–Crippen LogP) is 1.17. The molecule has 1 fully saturated rings. The zero-order valence-corrected chi connectivity index (χ0v) is 15.8. The summed E-state index contributed by atoms with van der Waals surface area (Å²) < 4.78 is 41.9. The van der Waals surface area contributed by atoms with Gasteiger partial charge < -0.3 is 10.6 Å². The fourth-order valence-electron chi connectivity index (χ4n) is 3.33. The van der Waals surface area contributed by atoms with Gasteiger partial charge in [0.1, 0.15) is 6.04 Å². The lowest BCUT2D eigenvalue weighted by molar-refractivity contribution is -0.184. The molecule has 1 aromatic heterocycles. The Bertz CT molecular complexity index is 623. The van der Waals surface area contributed by atoms with Gasteiger partial charge in [-0.05, 0) is 25.8 Å². The molecular formula is C17H28F3N5O. The molecule has 2 rings (SSSR count). The second kappa shape index (κ2) is 8.39. The van der Waals surface area contributed by atoms with Gasteiger partial charge in [-0.15, -0.1) is 0 Å². The number of aryl methyl sites for hydroxylation is 2. The summed E-state index contributed by atoms with van der Waals surface area (Å²) in [4.78, 5) is 13.7. The highest BCUT2D eigenvalue weighted by atomic mass is 19.4. The molecule has 0 bridgehead atoms. The number of alkyl halides is 3. The fraction of sp³-hybridized carbons (Fsp3) is 0.765. The molecule has 1 aromatic rings. The Morgan fingerprint density at radius 3 is 2.42 bits per heavy atom. The van der Waals surface area contributed by atoms with Crippen LogP contribution in [0.5, 0.6) is 0 Å². The van der Waals surface area contributed by atoms with Crippen molar-refractivity contribution in [1.82, 2.24) is 25.3 Å². The standard InChI is InChI=1S/C17H28F3N5O/c1-11(9-14-12(2)23-24(4)13(14)3)16(26)22-10-15(17(18,19)20)25-7-5-21-6-8-25/h11,15,21H,5-10H2,1-4H3,(H,22,26). The third-order valence-electron chi connectivity index (χ3n) is 5.06. The molecule has 148 valence electrons. The molecule has 0 saturated carbocycles. The smallest absolute Gasteiger partial charge is 0.354 e. The van der Waals surface area contributed by atoms with Crippen LogP contribution in [0.3, 0.4) is 0 Å². The van der Waals surface area contributed by atoms with E-state index >= 15 is 0 Å². The van der Waals surface area contributed by atoms with Crippen molar-refractivity contribution in [2.45, 2.75) is 39.4 Å². The molecule has 1 amide bonds. The van der Waals surface area contributed by atoms with Crippen LogP contribution < -0.4 is 10.6 Å². The van der Waals surface area contributed by atoms with Crippen molar-refractivity contribution in [1.29, 1.82) is 0 Å². The van der Waals surface area contributed by atoms with Gasteiger partial charge in [0.15, 0.2) is 0 Å². The van der Waals surface area contributed by atoms with Gasteiger partial charge in [-0.3, -0.25) is 14.4 Å². The van der Waals surface area contributed by atoms with Gasteiger partial charge in [0, 0.05) is 51.4 Å². The summed E-state index contributed by atoms with van der Waals surface area (Å²) >= 11 is 0. The average molecular weight is 375 g/mol. The van der Waals surface area contributed by atoms with E-state index in [-0.39, 0.29) is 5.91 Å². The maximum atomic E-state index is 13.4. The highest BCUT2D eigenvalue weighted by Gasteiger charge is 2.43. The molecule has 1 saturated heterocycles. The van der Waals surface area contributed by atoms with Gasteiger partial charge >= 0.3 is 6.18 Å². The molecule has 2 unspecified atom stereocenters. The average Bonchev–Trinajstić information content (AvgIpc) is 2.80. The Morgan fingerprint density at radius 2 is 1.92 bits per heavy atom. The van der Waals surface area contributed by atoms with Crippen molar-refractivity contribution in [3.8, 4) is 0 Å². The van der Waals surface area contributed by atoms with E-state index in [2.05, 4.69) is 15.7 Å². The molecular weight excluding hydrogens is 347 g/mol. The van der Waals surface area contributed by atoms with E-state index in [1.54, 1.807) is 11.6 Å². The normalized spacial score (nSPS) is 18.6. The van der Waals surface area contributed by atoms with E-state index in [0.717, 1.165) is 17.0 Å². The van der Waals surface area contributed by atoms with Crippen LogP contribution in [0.2, 0.25) is 0 Å². The Hall–Kier alpha value is -1.61. The highest BCUT2D eigenvalue weighted by molar-refractivity contribution is 5.78. The first-order chi connectivity index (χ1) is 12.1. The van der Waals surface area contributed by atoms with E-state index in [1.165, 1.54) is 4.90 Å². The molecule has 1 aliphatic heterocycles. The lowest BCUT2D eigenvalue weighted by Gasteiger charge is -2.36. The van der Waals surface area contributed by atoms with Crippen LogP contribution in [0, 0.1) is 19.8 Å². The van der Waals surface area contributed by atoms with E-state index in [9.17, 15) is 18.0 Å². The molecule has 0 radical (unpaired) electrons. The summed E-state index contributed by atoms with van der Waals surface area (Å²) in [6.07, 6.45) is -3.91. The van der Waals surface area contributed by atoms with Gasteiger partial charge in [-0.2, -0.15) is 18.3 Å². The number of hydrogen-bond donors (Lipinski definition) is 2. The third-order valence-corrected chi connectivity index (χ3v) is 5.06. The fourth-order valence-corrected chi connectivity index (χ4v) is 3.33. The zero-order valence-electron chi connectivity index (χ0n) is 15.8. The van der Waals surface area contributed by atoms with E-state index < -0.39 is 24.7 Å². The minimum Gasteiger partial charge on any atom is -0.354 e. The first-order valence-electron chi connectivity index (χ1n) is 8.89. The Morgan fingerprint density at radius 1 is 1.31 bits per heavy atom. The van der Waals surface area contributed by atoms with Crippen LogP contribution in [0.1, 0.15) is 23.9 Å². The van der Waals surface area contributed by atoms with Gasteiger partial charge in [0.25, 0.3) is 0 Å². The molecule has 26 heavy (non-hydrogen) atoms. The van der Waals surface area contributed by atoms with Gasteiger partial charge in [-0.1, -0.05) is 6.92 Å². The van der Waals surface area contributed by atoms with E-state index in [1.807, 2.05) is 20.9 Å². The van der Waals surface area contributed by atoms with E-state index in [4.69, 9.17) is 0 Å². The van der Waals surface area contributed by atoms with Crippen LogP contribution in [-0.4, -0.2) is 65.5 Å². The maximum Gasteiger partial charge on any atom is 0.405 e. The largest absolute Gasteiger partial charge is 0.405 e. The van der Waals surface area contributed by atoms with Crippen molar-refractivity contribution in [2.75, 3.05) is 32.7 Å². The molecule has 6 nitrogen and oxygen atoms in total. The summed E-state index contributed by atoms with van der Waals surface area (Å²) in [6, 6.07) is -1.65. The zero-order chi connectivity index (χ0) is 19.5. The molecule has 2 atom stereocenters. The van der Waals surface area contributed by atoms with Crippen LogP contribution >= 0.6 is 0 Å². The quantitative estimate of drug-likeness (QED) is 0.784. The predicted molar refractivity (Wildman–Crippen MR) is 92.8 cm³/mol. The van der Waals surface area contributed by atoms with Crippen LogP contribution in [-0.2, 0) is 18.3 Å². The molecule has 2 N–H and O–H groups in total. The highest BCUT2D eigenvalue weighted by Crippen LogP contribution is 2.25. The van der Waals surface area contributed by atoms with E-state index in [0.29, 0.717) is 32.6 Å². The maximum absolute atomic E-state index is 13.4. The van der Waals surface area contributed by atoms with Crippen molar-refractivity contribution >= 4 is 5.91 Å². The van der Waals surface area contributed by atoms with Crippen molar-refractivity contribution in [2.24, 2.45) is 13.0 Å². The lowest BCUT2D eigenvalue weighted by atomic mass is 9.98. The number of aromatic nitrogens is 2. The number of carbonyl (C=O) groups excluding carboxylic acids is 1. The van der Waals surface area contributed by atoms with Crippen molar-refractivity contribution < 1.29 is 18.0 Å². The Kier molecular flexibility index (Phi) is 6.68. The molecule has 0 aliphatic carbocycles. The molecule has 0 aromatic carbocycles. The summed E-state index contributed by atoms with van der Waals surface area (Å²) in [5.41, 5.74) is 2.79. The number of carbonyl (C=O) groups is 1. The lowest BCUT2D eigenvalue weighted by Crippen LogP contribution is -2.57. The number of rotatable bonds is 6. The minimum absolute atomic E-state index is 0.323. The van der Waals surface area contributed by atoms with Crippen molar-refractivity contribution in [3.63, 3.8) is 0 Å².